The predicted octanol–water partition coefficient (Wildman–Crippen LogP) is 2.92. The van der Waals surface area contributed by atoms with E-state index in [0.29, 0.717) is 6.61 Å². The van der Waals surface area contributed by atoms with Crippen molar-refractivity contribution in [2.24, 2.45) is 0 Å². The Morgan fingerprint density at radius 3 is 2.43 bits per heavy atom. The van der Waals surface area contributed by atoms with Gasteiger partial charge in [0.1, 0.15) is 12.4 Å². The molecule has 21 heavy (non-hydrogen) atoms. The Balaban J connectivity index is 1.87. The van der Waals surface area contributed by atoms with E-state index in [-0.39, 0.29) is 0 Å². The molecule has 1 N–H and O–H groups in total. The zero-order valence-corrected chi connectivity index (χ0v) is 12.9. The van der Waals surface area contributed by atoms with Gasteiger partial charge in [-0.15, -0.1) is 0 Å². The molecule has 3 nitrogen and oxygen atoms in total. The number of nitrogens with zero attached hydrogens (tertiary/aromatic N) is 1. The van der Waals surface area contributed by atoms with Gasteiger partial charge in [0.25, 0.3) is 0 Å². The fourth-order valence-electron chi connectivity index (χ4n) is 2.05. The van der Waals surface area contributed by atoms with E-state index in [2.05, 4.69) is 48.6 Å². The van der Waals surface area contributed by atoms with Gasteiger partial charge in [-0.3, -0.25) is 0 Å². The number of nitrogens with one attached hydrogen (secondary N) is 1. The zero-order chi connectivity index (χ0) is 14.9. The highest BCUT2D eigenvalue weighted by Gasteiger charge is 2.03. The Morgan fingerprint density at radius 2 is 1.67 bits per heavy atom. The molecule has 0 heterocycles. The van der Waals surface area contributed by atoms with Crippen molar-refractivity contribution in [3.05, 3.63) is 65.7 Å². The second-order valence-electron chi connectivity index (χ2n) is 5.36. The summed E-state index contributed by atoms with van der Waals surface area (Å²) in [6.45, 7) is 3.45. The SMILES string of the molecule is CN(C)CCNCc1ccccc1OCc1ccccc1. The Morgan fingerprint density at radius 1 is 0.952 bits per heavy atom. The molecule has 0 aliphatic heterocycles. The van der Waals surface area contributed by atoms with E-state index in [1.165, 1.54) is 11.1 Å². The molecule has 2 aromatic rings. The molecule has 0 radical (unpaired) electrons. The Kier molecular flexibility index (Phi) is 6.25. The average molecular weight is 284 g/mol. The fourth-order valence-corrected chi connectivity index (χ4v) is 2.05. The number of para-hydroxylation sites is 1. The monoisotopic (exact) mass is 284 g/mol. The predicted molar refractivity (Wildman–Crippen MR) is 87.5 cm³/mol. The molecule has 0 amide bonds. The molecule has 0 saturated heterocycles. The van der Waals surface area contributed by atoms with Gasteiger partial charge in [0.2, 0.25) is 0 Å². The van der Waals surface area contributed by atoms with Gasteiger partial charge in [0.15, 0.2) is 0 Å². The summed E-state index contributed by atoms with van der Waals surface area (Å²) in [6.07, 6.45) is 0. The second kappa shape index (κ2) is 8.45. The van der Waals surface area contributed by atoms with Crippen molar-refractivity contribution in [2.45, 2.75) is 13.2 Å². The molecule has 0 bridgehead atoms. The Bertz CT molecular complexity index is 526. The normalized spacial score (nSPS) is 10.8. The van der Waals surface area contributed by atoms with Crippen LogP contribution in [0.3, 0.4) is 0 Å². The lowest BCUT2D eigenvalue weighted by Crippen LogP contribution is -2.26. The minimum atomic E-state index is 0.607. The number of benzene rings is 2. The van der Waals surface area contributed by atoms with Crippen LogP contribution < -0.4 is 10.1 Å². The van der Waals surface area contributed by atoms with Crippen LogP contribution in [0.4, 0.5) is 0 Å². The highest BCUT2D eigenvalue weighted by molar-refractivity contribution is 5.33. The number of hydrogen-bond donors (Lipinski definition) is 1. The van der Waals surface area contributed by atoms with Gasteiger partial charge in [0, 0.05) is 25.2 Å². The summed E-state index contributed by atoms with van der Waals surface area (Å²) in [5.74, 6) is 0.957. The molecule has 0 saturated carbocycles. The van der Waals surface area contributed by atoms with Gasteiger partial charge in [-0.05, 0) is 25.7 Å². The standard InChI is InChI=1S/C18H24N2O/c1-20(2)13-12-19-14-17-10-6-7-11-18(17)21-15-16-8-4-3-5-9-16/h3-11,19H,12-15H2,1-2H3. The van der Waals surface area contributed by atoms with Crippen molar-refractivity contribution in [1.82, 2.24) is 10.2 Å². The first-order chi connectivity index (χ1) is 10.3. The maximum Gasteiger partial charge on any atom is 0.124 e. The number of ether oxygens (including phenoxy) is 1. The van der Waals surface area contributed by atoms with Crippen molar-refractivity contribution < 1.29 is 4.74 Å². The largest absolute Gasteiger partial charge is 0.489 e. The molecular weight excluding hydrogens is 260 g/mol. The van der Waals surface area contributed by atoms with Crippen LogP contribution in [0.1, 0.15) is 11.1 Å². The van der Waals surface area contributed by atoms with Crippen LogP contribution in [0.15, 0.2) is 54.6 Å². The zero-order valence-electron chi connectivity index (χ0n) is 12.9. The maximum atomic E-state index is 5.95. The van der Waals surface area contributed by atoms with Gasteiger partial charge in [-0.2, -0.15) is 0 Å². The number of likely N-dealkylation sites (N-methyl/N-ethyl adjacent to an activating group) is 1. The molecule has 112 valence electrons. The van der Waals surface area contributed by atoms with Crippen LogP contribution in [-0.4, -0.2) is 32.1 Å². The van der Waals surface area contributed by atoms with Crippen molar-refractivity contribution >= 4 is 0 Å². The highest BCUT2D eigenvalue weighted by Crippen LogP contribution is 2.19. The summed E-state index contributed by atoms with van der Waals surface area (Å²) in [7, 11) is 4.16. The molecule has 0 atom stereocenters. The molecule has 0 aliphatic rings. The molecule has 0 aliphatic carbocycles. The number of rotatable bonds is 8. The minimum Gasteiger partial charge on any atom is -0.489 e. The van der Waals surface area contributed by atoms with Crippen LogP contribution in [0.25, 0.3) is 0 Å². The molecule has 2 aromatic carbocycles. The summed E-state index contributed by atoms with van der Waals surface area (Å²) in [5.41, 5.74) is 2.39. The van der Waals surface area contributed by atoms with Crippen LogP contribution >= 0.6 is 0 Å². The van der Waals surface area contributed by atoms with Crippen LogP contribution in [0, 0.1) is 0 Å². The minimum absolute atomic E-state index is 0.607. The van der Waals surface area contributed by atoms with E-state index in [1.54, 1.807) is 0 Å². The Hall–Kier alpha value is -1.84. The molecule has 2 rings (SSSR count). The highest BCUT2D eigenvalue weighted by atomic mass is 16.5. The van der Waals surface area contributed by atoms with Gasteiger partial charge in [-0.1, -0.05) is 48.5 Å². The lowest BCUT2D eigenvalue weighted by Gasteiger charge is -2.13. The summed E-state index contributed by atoms with van der Waals surface area (Å²) >= 11 is 0. The molecular formula is C18H24N2O. The van der Waals surface area contributed by atoms with Crippen LogP contribution in [-0.2, 0) is 13.2 Å². The first-order valence-corrected chi connectivity index (χ1v) is 7.36. The third kappa shape index (κ3) is 5.58. The van der Waals surface area contributed by atoms with E-state index in [9.17, 15) is 0 Å². The summed E-state index contributed by atoms with van der Waals surface area (Å²) < 4.78 is 5.95. The summed E-state index contributed by atoms with van der Waals surface area (Å²) in [5, 5.41) is 3.45. The lowest BCUT2D eigenvalue weighted by molar-refractivity contribution is 0.302. The molecule has 0 spiro atoms. The third-order valence-corrected chi connectivity index (χ3v) is 3.26. The van der Waals surface area contributed by atoms with Gasteiger partial charge >= 0.3 is 0 Å². The number of hydrogen-bond acceptors (Lipinski definition) is 3. The first-order valence-electron chi connectivity index (χ1n) is 7.36. The molecule has 0 aromatic heterocycles. The maximum absolute atomic E-state index is 5.95. The fraction of sp³-hybridized carbons (Fsp3) is 0.333. The van der Waals surface area contributed by atoms with Gasteiger partial charge < -0.3 is 15.0 Å². The van der Waals surface area contributed by atoms with Crippen molar-refractivity contribution in [3.63, 3.8) is 0 Å². The molecule has 0 fully saturated rings. The molecule has 0 unspecified atom stereocenters. The van der Waals surface area contributed by atoms with Crippen molar-refractivity contribution in [1.29, 1.82) is 0 Å². The smallest absolute Gasteiger partial charge is 0.124 e. The molecule has 3 heteroatoms. The van der Waals surface area contributed by atoms with Crippen molar-refractivity contribution in [3.8, 4) is 5.75 Å². The van der Waals surface area contributed by atoms with E-state index in [1.807, 2.05) is 30.3 Å². The summed E-state index contributed by atoms with van der Waals surface area (Å²) in [4.78, 5) is 2.17. The topological polar surface area (TPSA) is 24.5 Å². The van der Waals surface area contributed by atoms with Crippen molar-refractivity contribution in [2.75, 3.05) is 27.2 Å². The quantitative estimate of drug-likeness (QED) is 0.754. The van der Waals surface area contributed by atoms with E-state index < -0.39 is 0 Å². The van der Waals surface area contributed by atoms with Crippen LogP contribution in [0.2, 0.25) is 0 Å². The van der Waals surface area contributed by atoms with Gasteiger partial charge in [-0.25, -0.2) is 0 Å². The van der Waals surface area contributed by atoms with Crippen LogP contribution in [0.5, 0.6) is 5.75 Å². The van der Waals surface area contributed by atoms with Gasteiger partial charge in [0.05, 0.1) is 0 Å². The van der Waals surface area contributed by atoms with E-state index in [0.717, 1.165) is 25.4 Å². The van der Waals surface area contributed by atoms with E-state index >= 15 is 0 Å². The third-order valence-electron chi connectivity index (χ3n) is 3.26. The van der Waals surface area contributed by atoms with E-state index in [4.69, 9.17) is 4.74 Å². The second-order valence-corrected chi connectivity index (χ2v) is 5.36. The average Bonchev–Trinajstić information content (AvgIpc) is 2.51. The lowest BCUT2D eigenvalue weighted by atomic mass is 10.2. The first kappa shape index (κ1) is 15.5. The Labute approximate surface area is 127 Å². The summed E-state index contributed by atoms with van der Waals surface area (Å²) in [6, 6.07) is 18.5.